The van der Waals surface area contributed by atoms with E-state index in [9.17, 15) is 4.79 Å². The molecule has 146 valence electrons. The van der Waals surface area contributed by atoms with Gasteiger partial charge in [0.2, 0.25) is 0 Å². The molecule has 2 aliphatic carbocycles. The first-order valence-electron chi connectivity index (χ1n) is 8.56. The van der Waals surface area contributed by atoms with E-state index >= 15 is 0 Å². The van der Waals surface area contributed by atoms with Crippen LogP contribution in [0.5, 0.6) is 0 Å². The lowest BCUT2D eigenvalue weighted by Gasteiger charge is -2.31. The molecular formula is C17H22ClN5O4. The van der Waals surface area contributed by atoms with E-state index in [2.05, 4.69) is 20.8 Å². The summed E-state index contributed by atoms with van der Waals surface area (Å²) in [4.78, 5) is 12.3. The topological polar surface area (TPSA) is 100 Å². The molecule has 0 saturated heterocycles. The maximum atomic E-state index is 12.3. The number of aromatic nitrogens is 4. The highest BCUT2D eigenvalue weighted by molar-refractivity contribution is 6.22. The van der Waals surface area contributed by atoms with Crippen LogP contribution in [-0.4, -0.2) is 64.5 Å². The monoisotopic (exact) mass is 395 g/mol. The van der Waals surface area contributed by atoms with Gasteiger partial charge >= 0.3 is 0 Å². The Bertz CT molecular complexity index is 734. The van der Waals surface area contributed by atoms with Crippen LogP contribution in [0.4, 0.5) is 0 Å². The lowest BCUT2D eigenvalue weighted by atomic mass is 9.97. The third kappa shape index (κ3) is 4.86. The molecule has 2 aliphatic rings. The molecule has 1 aromatic rings. The summed E-state index contributed by atoms with van der Waals surface area (Å²) < 4.78 is 17.9. The number of carbonyl (C=O) groups is 1. The van der Waals surface area contributed by atoms with Crippen molar-refractivity contribution in [3.05, 3.63) is 42.1 Å². The van der Waals surface area contributed by atoms with Crippen LogP contribution in [0.15, 0.2) is 42.1 Å². The van der Waals surface area contributed by atoms with E-state index < -0.39 is 0 Å². The predicted octanol–water partition coefficient (Wildman–Crippen LogP) is 1.12. The number of nitrogens with one attached hydrogen (secondary N) is 1. The Kier molecular flexibility index (Phi) is 6.46. The summed E-state index contributed by atoms with van der Waals surface area (Å²) in [6, 6.07) is -0.251. The number of nitrogens with zero attached hydrogens (tertiary/aromatic N) is 4. The van der Waals surface area contributed by atoms with E-state index in [4.69, 9.17) is 25.8 Å². The van der Waals surface area contributed by atoms with Gasteiger partial charge in [0.05, 0.1) is 30.7 Å². The van der Waals surface area contributed by atoms with E-state index in [1.165, 1.54) is 0 Å². The Balaban J connectivity index is 1.48. The molecule has 0 spiro atoms. The van der Waals surface area contributed by atoms with Crippen molar-refractivity contribution in [2.75, 3.05) is 20.8 Å². The van der Waals surface area contributed by atoms with Crippen molar-refractivity contribution in [1.82, 2.24) is 25.5 Å². The second kappa shape index (κ2) is 9.01. The summed E-state index contributed by atoms with van der Waals surface area (Å²) in [5.41, 5.74) is 0. The number of hydrogen-bond donors (Lipinski definition) is 1. The molecule has 4 unspecified atom stereocenters. The molecule has 1 heterocycles. The van der Waals surface area contributed by atoms with E-state index in [1.807, 2.05) is 18.2 Å². The highest BCUT2D eigenvalue weighted by atomic mass is 35.5. The normalized spacial score (nSPS) is 27.5. The molecule has 0 saturated carbocycles. The van der Waals surface area contributed by atoms with Crippen LogP contribution in [0.25, 0.3) is 0 Å². The van der Waals surface area contributed by atoms with Gasteiger partial charge in [-0.25, -0.2) is 4.68 Å². The standard InChI is InChI=1S/C17H22ClN5O4/c1-25-15-8-14(16(26-2)7-13(15)18)20-17(24)9-27-12-5-3-11(4-6-12)23-10-19-21-22-23/h3,5-7,10-11,13-15H,4,8-9H2,1-2H3,(H,20,24). The molecule has 1 amide bonds. The summed E-state index contributed by atoms with van der Waals surface area (Å²) in [6.45, 7) is -0.0961. The van der Waals surface area contributed by atoms with Crippen molar-refractivity contribution in [2.45, 2.75) is 36.4 Å². The molecule has 3 rings (SSSR count). The van der Waals surface area contributed by atoms with Gasteiger partial charge in [0, 0.05) is 13.5 Å². The van der Waals surface area contributed by atoms with Crippen LogP contribution >= 0.6 is 11.6 Å². The number of halogens is 1. The molecule has 0 fully saturated rings. The second-order valence-corrected chi connectivity index (χ2v) is 6.70. The first kappa shape index (κ1) is 19.4. The Morgan fingerprint density at radius 2 is 2.30 bits per heavy atom. The third-order valence-electron chi connectivity index (χ3n) is 4.48. The van der Waals surface area contributed by atoms with Gasteiger partial charge in [0.15, 0.2) is 6.61 Å². The summed E-state index contributed by atoms with van der Waals surface area (Å²) >= 11 is 6.22. The summed E-state index contributed by atoms with van der Waals surface area (Å²) in [7, 11) is 3.15. The first-order valence-corrected chi connectivity index (χ1v) is 9.00. The Morgan fingerprint density at radius 3 is 2.93 bits per heavy atom. The van der Waals surface area contributed by atoms with Gasteiger partial charge in [-0.3, -0.25) is 4.79 Å². The fraction of sp³-hybridized carbons (Fsp3) is 0.529. The average Bonchev–Trinajstić information content (AvgIpc) is 3.22. The van der Waals surface area contributed by atoms with Crippen LogP contribution in [0, 0.1) is 0 Å². The second-order valence-electron chi connectivity index (χ2n) is 6.19. The highest BCUT2D eigenvalue weighted by Crippen LogP contribution is 2.25. The van der Waals surface area contributed by atoms with Crippen LogP contribution in [-0.2, 0) is 19.0 Å². The number of hydrogen-bond acceptors (Lipinski definition) is 7. The van der Waals surface area contributed by atoms with E-state index in [1.54, 1.807) is 31.3 Å². The molecule has 1 N–H and O–H groups in total. The minimum absolute atomic E-state index is 0.0484. The first-order chi connectivity index (χ1) is 13.1. The lowest BCUT2D eigenvalue weighted by molar-refractivity contribution is -0.125. The maximum Gasteiger partial charge on any atom is 0.258 e. The number of methoxy groups -OCH3 is 2. The largest absolute Gasteiger partial charge is 0.499 e. The number of carbonyl (C=O) groups excluding carboxylic acids is 1. The number of ether oxygens (including phenoxy) is 3. The molecule has 9 nitrogen and oxygen atoms in total. The van der Waals surface area contributed by atoms with Gasteiger partial charge in [0.25, 0.3) is 5.91 Å². The Labute approximate surface area is 162 Å². The Morgan fingerprint density at radius 1 is 1.44 bits per heavy atom. The van der Waals surface area contributed by atoms with E-state index in [0.29, 0.717) is 24.4 Å². The smallest absolute Gasteiger partial charge is 0.258 e. The molecule has 0 radical (unpaired) electrons. The van der Waals surface area contributed by atoms with Gasteiger partial charge in [-0.15, -0.1) is 16.7 Å². The molecule has 0 aromatic carbocycles. The van der Waals surface area contributed by atoms with Crippen molar-refractivity contribution in [1.29, 1.82) is 0 Å². The van der Waals surface area contributed by atoms with Gasteiger partial charge in [-0.2, -0.15) is 0 Å². The lowest BCUT2D eigenvalue weighted by Crippen LogP contribution is -2.45. The van der Waals surface area contributed by atoms with Crippen molar-refractivity contribution in [2.24, 2.45) is 0 Å². The minimum Gasteiger partial charge on any atom is -0.499 e. The van der Waals surface area contributed by atoms with Crippen molar-refractivity contribution in [3.63, 3.8) is 0 Å². The van der Waals surface area contributed by atoms with Crippen molar-refractivity contribution >= 4 is 17.5 Å². The van der Waals surface area contributed by atoms with Crippen LogP contribution < -0.4 is 5.32 Å². The zero-order valence-electron chi connectivity index (χ0n) is 15.1. The van der Waals surface area contributed by atoms with Crippen LogP contribution in [0.3, 0.4) is 0 Å². The van der Waals surface area contributed by atoms with Gasteiger partial charge in [-0.1, -0.05) is 6.08 Å². The number of rotatable bonds is 7. The van der Waals surface area contributed by atoms with Crippen LogP contribution in [0.1, 0.15) is 18.9 Å². The van der Waals surface area contributed by atoms with Crippen molar-refractivity contribution in [3.8, 4) is 0 Å². The van der Waals surface area contributed by atoms with Crippen LogP contribution in [0.2, 0.25) is 0 Å². The van der Waals surface area contributed by atoms with Crippen molar-refractivity contribution < 1.29 is 19.0 Å². The molecule has 27 heavy (non-hydrogen) atoms. The highest BCUT2D eigenvalue weighted by Gasteiger charge is 2.32. The number of amides is 1. The third-order valence-corrected chi connectivity index (χ3v) is 4.89. The SMILES string of the molecule is COC1=CC(Cl)C(OC)CC1NC(=O)COC1=CCC(n2cnnn2)C=C1. The zero-order chi connectivity index (χ0) is 19.2. The molecule has 0 bridgehead atoms. The summed E-state index contributed by atoms with van der Waals surface area (Å²) in [5, 5.41) is 13.7. The predicted molar refractivity (Wildman–Crippen MR) is 96.7 cm³/mol. The fourth-order valence-corrected chi connectivity index (χ4v) is 3.35. The number of tetrazole rings is 1. The Hall–Kier alpha value is -2.39. The number of allylic oxidation sites excluding steroid dienone is 3. The summed E-state index contributed by atoms with van der Waals surface area (Å²) in [6.07, 6.45) is 9.99. The maximum absolute atomic E-state index is 12.3. The molecule has 10 heteroatoms. The fourth-order valence-electron chi connectivity index (χ4n) is 3.02. The molecular weight excluding hydrogens is 374 g/mol. The molecule has 4 atom stereocenters. The molecule has 1 aromatic heterocycles. The van der Waals surface area contributed by atoms with Gasteiger partial charge in [0.1, 0.15) is 17.8 Å². The summed E-state index contributed by atoms with van der Waals surface area (Å²) in [5.74, 6) is 1.01. The average molecular weight is 396 g/mol. The number of alkyl halides is 1. The quantitative estimate of drug-likeness (QED) is 0.690. The zero-order valence-corrected chi connectivity index (χ0v) is 15.9. The van der Waals surface area contributed by atoms with E-state index in [0.717, 1.165) is 0 Å². The minimum atomic E-state index is -0.300. The van der Waals surface area contributed by atoms with E-state index in [-0.39, 0.29) is 36.1 Å². The van der Waals surface area contributed by atoms with Gasteiger partial charge in [-0.05, 0) is 35.1 Å². The van der Waals surface area contributed by atoms with Gasteiger partial charge < -0.3 is 19.5 Å². The molecule has 0 aliphatic heterocycles.